The summed E-state index contributed by atoms with van der Waals surface area (Å²) in [4.78, 5) is 5.18. The lowest BCUT2D eigenvalue weighted by Gasteiger charge is -2.20. The monoisotopic (exact) mass is 177 g/mol. The summed E-state index contributed by atoms with van der Waals surface area (Å²) in [5.41, 5.74) is 2.45. The Balaban J connectivity index is 3.31. The highest BCUT2D eigenvalue weighted by Gasteiger charge is 2.11. The van der Waals surface area contributed by atoms with Crippen molar-refractivity contribution in [3.63, 3.8) is 0 Å². The van der Waals surface area contributed by atoms with Crippen molar-refractivity contribution in [1.29, 1.82) is 0 Å². The molecule has 0 spiro atoms. The molecule has 0 aromatic heterocycles. The lowest BCUT2D eigenvalue weighted by atomic mass is 10.2. The molecular weight excluding hydrogens is 158 g/mol. The third kappa shape index (κ3) is 7.94. The van der Waals surface area contributed by atoms with Crippen LogP contribution in [0.15, 0.2) is 0 Å². The summed E-state index contributed by atoms with van der Waals surface area (Å²) in [5, 5.41) is 9.18. The second-order valence-electron chi connectivity index (χ2n) is 3.67. The number of aliphatic hydroxyl groups is 1. The van der Waals surface area contributed by atoms with E-state index in [-0.39, 0.29) is 5.60 Å². The Bertz CT molecular complexity index is 111. The number of hydroxylamine groups is 1. The molecule has 0 saturated carbocycles. The van der Waals surface area contributed by atoms with Crippen molar-refractivity contribution in [3.05, 3.63) is 0 Å². The van der Waals surface area contributed by atoms with E-state index in [2.05, 4.69) is 5.48 Å². The molecule has 0 radical (unpaired) electrons. The number of methoxy groups -OCH3 is 1. The number of hydrogen-bond acceptors (Lipinski definition) is 4. The molecule has 0 aliphatic rings. The Morgan fingerprint density at radius 3 is 2.42 bits per heavy atom. The quantitative estimate of drug-likeness (QED) is 0.594. The maximum absolute atomic E-state index is 9.18. The standard InChI is InChI=1S/C8H19NO3/c1-8(2,3)12-9-5-7(10)6-11-4/h7,9-10H,5-6H2,1-4H3. The molecule has 0 heterocycles. The van der Waals surface area contributed by atoms with E-state index in [1.165, 1.54) is 0 Å². The van der Waals surface area contributed by atoms with Crippen molar-refractivity contribution in [2.75, 3.05) is 20.3 Å². The van der Waals surface area contributed by atoms with E-state index in [0.29, 0.717) is 13.2 Å². The molecule has 0 bridgehead atoms. The van der Waals surface area contributed by atoms with Crippen LogP contribution in [0.4, 0.5) is 0 Å². The first-order valence-corrected chi connectivity index (χ1v) is 4.03. The summed E-state index contributed by atoms with van der Waals surface area (Å²) in [6.45, 7) is 6.50. The fourth-order valence-corrected chi connectivity index (χ4v) is 0.606. The zero-order valence-electron chi connectivity index (χ0n) is 8.26. The van der Waals surface area contributed by atoms with Gasteiger partial charge < -0.3 is 9.84 Å². The average Bonchev–Trinajstić information content (AvgIpc) is 1.84. The second-order valence-corrected chi connectivity index (χ2v) is 3.67. The Kier molecular flexibility index (Phi) is 5.41. The van der Waals surface area contributed by atoms with Crippen molar-refractivity contribution < 1.29 is 14.7 Å². The fraction of sp³-hybridized carbons (Fsp3) is 1.00. The van der Waals surface area contributed by atoms with Gasteiger partial charge in [0, 0.05) is 13.7 Å². The first kappa shape index (κ1) is 11.8. The van der Waals surface area contributed by atoms with Gasteiger partial charge in [0.15, 0.2) is 0 Å². The van der Waals surface area contributed by atoms with Crippen LogP contribution in [0.25, 0.3) is 0 Å². The first-order chi connectivity index (χ1) is 5.45. The van der Waals surface area contributed by atoms with Gasteiger partial charge in [-0.2, -0.15) is 5.48 Å². The first-order valence-electron chi connectivity index (χ1n) is 4.03. The van der Waals surface area contributed by atoms with Crippen LogP contribution in [-0.2, 0) is 9.57 Å². The van der Waals surface area contributed by atoms with Gasteiger partial charge in [0.05, 0.1) is 18.3 Å². The van der Waals surface area contributed by atoms with E-state index in [1.54, 1.807) is 7.11 Å². The maximum Gasteiger partial charge on any atom is 0.0920 e. The molecule has 4 heteroatoms. The Hall–Kier alpha value is -0.160. The summed E-state index contributed by atoms with van der Waals surface area (Å²) in [7, 11) is 1.55. The summed E-state index contributed by atoms with van der Waals surface area (Å²) >= 11 is 0. The Morgan fingerprint density at radius 1 is 1.42 bits per heavy atom. The van der Waals surface area contributed by atoms with Crippen LogP contribution in [0, 0.1) is 0 Å². The minimum atomic E-state index is -0.516. The van der Waals surface area contributed by atoms with Gasteiger partial charge in [-0.3, -0.25) is 4.84 Å². The highest BCUT2D eigenvalue weighted by Crippen LogP contribution is 2.03. The molecule has 2 N–H and O–H groups in total. The van der Waals surface area contributed by atoms with Crippen LogP contribution < -0.4 is 5.48 Å². The molecule has 4 nitrogen and oxygen atoms in total. The zero-order valence-corrected chi connectivity index (χ0v) is 8.26. The van der Waals surface area contributed by atoms with E-state index >= 15 is 0 Å². The fourth-order valence-electron chi connectivity index (χ4n) is 0.606. The topological polar surface area (TPSA) is 50.7 Å². The maximum atomic E-state index is 9.18. The van der Waals surface area contributed by atoms with E-state index in [1.807, 2.05) is 20.8 Å². The predicted octanol–water partition coefficient (Wildman–Crippen LogP) is 0.313. The van der Waals surface area contributed by atoms with Crippen molar-refractivity contribution in [3.8, 4) is 0 Å². The molecule has 1 unspecified atom stereocenters. The third-order valence-electron chi connectivity index (χ3n) is 1.06. The van der Waals surface area contributed by atoms with Gasteiger partial charge in [0.2, 0.25) is 0 Å². The number of rotatable bonds is 5. The van der Waals surface area contributed by atoms with Gasteiger partial charge in [-0.15, -0.1) is 0 Å². The van der Waals surface area contributed by atoms with Gasteiger partial charge >= 0.3 is 0 Å². The van der Waals surface area contributed by atoms with Gasteiger partial charge in [-0.05, 0) is 20.8 Å². The van der Waals surface area contributed by atoms with Crippen molar-refractivity contribution in [2.24, 2.45) is 0 Å². The van der Waals surface area contributed by atoms with Gasteiger partial charge in [0.25, 0.3) is 0 Å². The highest BCUT2D eigenvalue weighted by atomic mass is 16.7. The van der Waals surface area contributed by atoms with Gasteiger partial charge in [0.1, 0.15) is 0 Å². The molecule has 12 heavy (non-hydrogen) atoms. The number of hydrogen-bond donors (Lipinski definition) is 2. The van der Waals surface area contributed by atoms with Crippen LogP contribution in [0.1, 0.15) is 20.8 Å². The Morgan fingerprint density at radius 2 is 2.00 bits per heavy atom. The van der Waals surface area contributed by atoms with Crippen LogP contribution in [0.3, 0.4) is 0 Å². The van der Waals surface area contributed by atoms with Gasteiger partial charge in [-0.25, -0.2) is 0 Å². The minimum Gasteiger partial charge on any atom is -0.389 e. The van der Waals surface area contributed by atoms with Crippen molar-refractivity contribution >= 4 is 0 Å². The number of aliphatic hydroxyl groups excluding tert-OH is 1. The summed E-state index contributed by atoms with van der Waals surface area (Å²) in [6, 6.07) is 0. The molecule has 0 fully saturated rings. The molecule has 0 rings (SSSR count). The van der Waals surface area contributed by atoms with E-state index in [4.69, 9.17) is 9.57 Å². The van der Waals surface area contributed by atoms with Crippen molar-refractivity contribution in [2.45, 2.75) is 32.5 Å². The normalized spacial score (nSPS) is 14.8. The van der Waals surface area contributed by atoms with Crippen LogP contribution in [0.5, 0.6) is 0 Å². The smallest absolute Gasteiger partial charge is 0.0920 e. The van der Waals surface area contributed by atoms with E-state index < -0.39 is 6.10 Å². The summed E-state index contributed by atoms with van der Waals surface area (Å²) in [6.07, 6.45) is -0.516. The number of ether oxygens (including phenoxy) is 1. The summed E-state index contributed by atoms with van der Waals surface area (Å²) in [5.74, 6) is 0. The van der Waals surface area contributed by atoms with Crippen LogP contribution >= 0.6 is 0 Å². The number of nitrogens with one attached hydrogen (secondary N) is 1. The molecule has 0 aromatic rings. The van der Waals surface area contributed by atoms with E-state index in [9.17, 15) is 5.11 Å². The van der Waals surface area contributed by atoms with Gasteiger partial charge in [-0.1, -0.05) is 0 Å². The molecule has 0 aliphatic carbocycles. The van der Waals surface area contributed by atoms with Crippen LogP contribution in [0.2, 0.25) is 0 Å². The third-order valence-corrected chi connectivity index (χ3v) is 1.06. The lowest BCUT2D eigenvalue weighted by molar-refractivity contribution is -0.0878. The molecule has 1 atom stereocenters. The van der Waals surface area contributed by atoms with E-state index in [0.717, 1.165) is 0 Å². The molecule has 0 saturated heterocycles. The summed E-state index contributed by atoms with van der Waals surface area (Å²) < 4.78 is 4.74. The zero-order chi connectivity index (χ0) is 9.61. The molecule has 0 aromatic carbocycles. The second kappa shape index (κ2) is 5.48. The molecule has 74 valence electrons. The SMILES string of the molecule is COCC(O)CNOC(C)(C)C. The predicted molar refractivity (Wildman–Crippen MR) is 46.7 cm³/mol. The lowest BCUT2D eigenvalue weighted by Crippen LogP contribution is -2.35. The molecule has 0 aliphatic heterocycles. The van der Waals surface area contributed by atoms with Crippen LogP contribution in [-0.4, -0.2) is 37.1 Å². The molecule has 0 amide bonds. The Labute approximate surface area is 73.8 Å². The highest BCUT2D eigenvalue weighted by molar-refractivity contribution is 4.58. The minimum absolute atomic E-state index is 0.229. The largest absolute Gasteiger partial charge is 0.389 e. The van der Waals surface area contributed by atoms with Crippen molar-refractivity contribution in [1.82, 2.24) is 5.48 Å². The average molecular weight is 177 g/mol. The molecular formula is C8H19NO3.